The molecule has 1 N–H and O–H groups in total. The summed E-state index contributed by atoms with van der Waals surface area (Å²) >= 11 is 0. The van der Waals surface area contributed by atoms with Crippen LogP contribution in [0, 0.1) is 0 Å². The predicted octanol–water partition coefficient (Wildman–Crippen LogP) is 0.657. The van der Waals surface area contributed by atoms with Crippen LogP contribution in [0.25, 0.3) is 0 Å². The lowest BCUT2D eigenvalue weighted by atomic mass is 10.2. The molecule has 1 saturated heterocycles. The lowest BCUT2D eigenvalue weighted by Crippen LogP contribution is -2.48. The molecule has 1 aliphatic rings. The normalized spacial score (nSPS) is 18.8. The van der Waals surface area contributed by atoms with Gasteiger partial charge in [0.25, 0.3) is 0 Å². The Morgan fingerprint density at radius 2 is 1.16 bits per heavy atom. The Morgan fingerprint density at radius 3 is 1.62 bits per heavy atom. The summed E-state index contributed by atoms with van der Waals surface area (Å²) in [7, 11) is 0. The van der Waals surface area contributed by atoms with E-state index in [2.05, 4.69) is 5.32 Å². The Morgan fingerprint density at radius 1 is 0.719 bits per heavy atom. The number of ether oxygens (including phenoxy) is 2. The molecule has 0 aromatic heterocycles. The fourth-order valence-electron chi connectivity index (χ4n) is 3.14. The first-order valence-corrected chi connectivity index (χ1v) is 11.3. The molecule has 0 aliphatic carbocycles. The van der Waals surface area contributed by atoms with Crippen molar-refractivity contribution in [1.82, 2.24) is 20.2 Å². The summed E-state index contributed by atoms with van der Waals surface area (Å²) in [6.07, 6.45) is 0. The highest BCUT2D eigenvalue weighted by Crippen LogP contribution is 2.09. The van der Waals surface area contributed by atoms with Crippen LogP contribution >= 0.6 is 0 Å². The summed E-state index contributed by atoms with van der Waals surface area (Å²) in [5.74, 6) is -0.965. The first-order valence-electron chi connectivity index (χ1n) is 11.3. The van der Waals surface area contributed by atoms with Crippen LogP contribution in [0.2, 0.25) is 0 Å². The molecule has 0 unspecified atom stereocenters. The summed E-state index contributed by atoms with van der Waals surface area (Å²) in [4.78, 5) is 45.4. The molecule has 32 heavy (non-hydrogen) atoms. The third-order valence-corrected chi connectivity index (χ3v) is 4.34. The van der Waals surface area contributed by atoms with E-state index in [1.807, 2.05) is 51.3 Å². The van der Waals surface area contributed by atoms with Crippen molar-refractivity contribution in [1.29, 1.82) is 0 Å². The molecule has 0 radical (unpaired) electrons. The van der Waals surface area contributed by atoms with Gasteiger partial charge in [0.05, 0.1) is 13.1 Å². The highest BCUT2D eigenvalue weighted by molar-refractivity contribution is 5.72. The van der Waals surface area contributed by atoms with Gasteiger partial charge >= 0.3 is 17.9 Å². The van der Waals surface area contributed by atoms with E-state index in [-0.39, 0.29) is 31.0 Å². The molecule has 1 aliphatic heterocycles. The maximum Gasteiger partial charge on any atom is 0.322 e. The number of esters is 2. The van der Waals surface area contributed by atoms with Gasteiger partial charge in [-0.2, -0.15) is 0 Å². The topological polar surface area (TPSA) is 101 Å². The van der Waals surface area contributed by atoms with Crippen molar-refractivity contribution in [2.24, 2.45) is 0 Å². The van der Waals surface area contributed by atoms with Crippen molar-refractivity contribution < 1.29 is 28.7 Å². The Hall–Kier alpha value is -1.75. The quantitative estimate of drug-likeness (QED) is 0.591. The number of hydrogen-bond donors (Lipinski definition) is 1. The van der Waals surface area contributed by atoms with Gasteiger partial charge in [-0.25, -0.2) is 0 Å². The van der Waals surface area contributed by atoms with Crippen LogP contribution in [-0.4, -0.2) is 109 Å². The molecule has 1 fully saturated rings. The summed E-state index contributed by atoms with van der Waals surface area (Å²) in [6.45, 7) is 17.3. The van der Waals surface area contributed by atoms with Crippen molar-refractivity contribution in [3.05, 3.63) is 0 Å². The number of nitrogens with zero attached hydrogens (tertiary/aromatic N) is 3. The van der Waals surface area contributed by atoms with Crippen LogP contribution in [0.15, 0.2) is 0 Å². The molecule has 10 heteroatoms. The van der Waals surface area contributed by atoms with Crippen molar-refractivity contribution >= 4 is 17.9 Å². The smallest absolute Gasteiger partial charge is 0.322 e. The second kappa shape index (κ2) is 13.1. The minimum atomic E-state index is -0.568. The second-order valence-corrected chi connectivity index (χ2v) is 9.99. The molecule has 0 saturated carbocycles. The van der Waals surface area contributed by atoms with Crippen molar-refractivity contribution in [2.45, 2.75) is 59.7 Å². The monoisotopic (exact) mass is 458 g/mol. The third kappa shape index (κ3) is 14.3. The summed E-state index contributed by atoms with van der Waals surface area (Å²) < 4.78 is 10.9. The molecule has 0 amide bonds. The van der Waals surface area contributed by atoms with E-state index in [0.29, 0.717) is 52.4 Å². The number of hydroxylamine groups is 2. The third-order valence-electron chi connectivity index (χ3n) is 4.34. The van der Waals surface area contributed by atoms with Gasteiger partial charge in [0, 0.05) is 59.3 Å². The zero-order chi connectivity index (χ0) is 24.4. The summed E-state index contributed by atoms with van der Waals surface area (Å²) in [5, 5.41) is 4.92. The minimum Gasteiger partial charge on any atom is -0.459 e. The van der Waals surface area contributed by atoms with Gasteiger partial charge in [0.1, 0.15) is 11.2 Å². The zero-order valence-corrected chi connectivity index (χ0v) is 20.9. The van der Waals surface area contributed by atoms with E-state index < -0.39 is 11.2 Å². The molecule has 0 atom stereocenters. The standard InChI is InChI=1S/C22H42N4O6/c1-18(27)32-26-11-9-23-8-10-24(16-19(28)30-21(2,3)4)12-13-25(14-15-26)17-20(29)31-22(5,6)7/h23H,8-17H2,1-7H3. The zero-order valence-electron chi connectivity index (χ0n) is 20.9. The predicted molar refractivity (Wildman–Crippen MR) is 121 cm³/mol. The Kier molecular flexibility index (Phi) is 11.6. The number of carbonyl (C=O) groups is 3. The average Bonchev–Trinajstić information content (AvgIpc) is 2.57. The number of hydrogen-bond acceptors (Lipinski definition) is 10. The number of nitrogens with one attached hydrogen (secondary N) is 1. The molecule has 0 aromatic rings. The van der Waals surface area contributed by atoms with E-state index in [1.54, 1.807) is 5.06 Å². The van der Waals surface area contributed by atoms with Crippen molar-refractivity contribution in [3.8, 4) is 0 Å². The molecule has 186 valence electrons. The van der Waals surface area contributed by atoms with E-state index in [9.17, 15) is 14.4 Å². The van der Waals surface area contributed by atoms with E-state index in [0.717, 1.165) is 0 Å². The molecular weight excluding hydrogens is 416 g/mol. The first kappa shape index (κ1) is 28.3. The number of carbonyl (C=O) groups excluding carboxylic acids is 3. The molecule has 1 rings (SSSR count). The molecule has 0 bridgehead atoms. The fraction of sp³-hybridized carbons (Fsp3) is 0.864. The number of rotatable bonds is 5. The average molecular weight is 459 g/mol. The van der Waals surface area contributed by atoms with E-state index in [1.165, 1.54) is 6.92 Å². The Labute approximate surface area is 192 Å². The first-order chi connectivity index (χ1) is 14.7. The molecule has 1 heterocycles. The van der Waals surface area contributed by atoms with Crippen LogP contribution < -0.4 is 5.32 Å². The minimum absolute atomic E-state index is 0.115. The Balaban J connectivity index is 2.83. The summed E-state index contributed by atoms with van der Waals surface area (Å²) in [5.41, 5.74) is -1.10. The maximum atomic E-state index is 12.4. The fourth-order valence-corrected chi connectivity index (χ4v) is 3.14. The Bertz CT molecular complexity index is 615. The lowest BCUT2D eigenvalue weighted by Gasteiger charge is -2.31. The van der Waals surface area contributed by atoms with Gasteiger partial charge in [-0.1, -0.05) is 0 Å². The lowest BCUT2D eigenvalue weighted by molar-refractivity contribution is -0.188. The van der Waals surface area contributed by atoms with Crippen LogP contribution in [0.4, 0.5) is 0 Å². The molecule has 10 nitrogen and oxygen atoms in total. The maximum absolute atomic E-state index is 12.4. The van der Waals surface area contributed by atoms with Gasteiger partial charge in [0.15, 0.2) is 0 Å². The van der Waals surface area contributed by atoms with E-state index >= 15 is 0 Å². The van der Waals surface area contributed by atoms with Gasteiger partial charge in [-0.3, -0.25) is 24.2 Å². The van der Waals surface area contributed by atoms with Crippen molar-refractivity contribution in [3.63, 3.8) is 0 Å². The largest absolute Gasteiger partial charge is 0.459 e. The summed E-state index contributed by atoms with van der Waals surface area (Å²) in [6, 6.07) is 0. The molecular formula is C22H42N4O6. The highest BCUT2D eigenvalue weighted by Gasteiger charge is 2.23. The van der Waals surface area contributed by atoms with Crippen LogP contribution in [0.3, 0.4) is 0 Å². The van der Waals surface area contributed by atoms with E-state index in [4.69, 9.17) is 14.3 Å². The highest BCUT2D eigenvalue weighted by atomic mass is 16.7. The van der Waals surface area contributed by atoms with Crippen LogP contribution in [0.5, 0.6) is 0 Å². The van der Waals surface area contributed by atoms with Crippen molar-refractivity contribution in [2.75, 3.05) is 65.4 Å². The van der Waals surface area contributed by atoms with Crippen LogP contribution in [-0.2, 0) is 28.7 Å². The van der Waals surface area contributed by atoms with Gasteiger partial charge in [-0.05, 0) is 41.5 Å². The van der Waals surface area contributed by atoms with Gasteiger partial charge in [-0.15, -0.1) is 5.06 Å². The SMILES string of the molecule is CC(=O)ON1CCNCCN(CC(=O)OC(C)(C)C)CCN(CC(=O)OC(C)(C)C)CC1. The molecule has 0 spiro atoms. The van der Waals surface area contributed by atoms with Gasteiger partial charge < -0.3 is 19.6 Å². The van der Waals surface area contributed by atoms with Crippen LogP contribution in [0.1, 0.15) is 48.5 Å². The second-order valence-electron chi connectivity index (χ2n) is 9.99. The van der Waals surface area contributed by atoms with Gasteiger partial charge in [0.2, 0.25) is 0 Å². The molecule has 0 aromatic carbocycles.